The molecule has 0 saturated heterocycles. The van der Waals surface area contributed by atoms with Gasteiger partial charge < -0.3 is 5.32 Å². The van der Waals surface area contributed by atoms with Crippen LogP contribution in [0.2, 0.25) is 0 Å². The Kier molecular flexibility index (Phi) is 5.99. The number of rotatable bonds is 4. The van der Waals surface area contributed by atoms with Crippen molar-refractivity contribution < 1.29 is 0 Å². The van der Waals surface area contributed by atoms with Gasteiger partial charge in [0.05, 0.1) is 0 Å². The van der Waals surface area contributed by atoms with Crippen LogP contribution in [0.15, 0.2) is 24.8 Å². The van der Waals surface area contributed by atoms with E-state index in [4.69, 9.17) is 0 Å². The summed E-state index contributed by atoms with van der Waals surface area (Å²) >= 11 is 0. The Balaban J connectivity index is 2.94. The van der Waals surface area contributed by atoms with E-state index in [9.17, 15) is 0 Å². The van der Waals surface area contributed by atoms with Gasteiger partial charge >= 0.3 is 0 Å². The molecule has 1 nitrogen and oxygen atoms in total. The quantitative estimate of drug-likeness (QED) is 0.540. The van der Waals surface area contributed by atoms with Gasteiger partial charge in [-0.2, -0.15) is 0 Å². The number of nitrogens with one attached hydrogen (secondary N) is 1. The fourth-order valence-electron chi connectivity index (χ4n) is 0.394. The van der Waals surface area contributed by atoms with Crippen molar-refractivity contribution in [1.29, 1.82) is 0 Å². The zero-order chi connectivity index (χ0) is 6.24. The molecule has 0 aliphatic carbocycles. The summed E-state index contributed by atoms with van der Waals surface area (Å²) in [5.74, 6) is 0. The number of hydrogen-bond donors (Lipinski definition) is 1. The zero-order valence-corrected chi connectivity index (χ0v) is 5.35. The lowest BCUT2D eigenvalue weighted by atomic mass is 10.4. The SMILES string of the molecule is C=CC/C=C\CNC. The van der Waals surface area contributed by atoms with E-state index in [1.807, 2.05) is 13.1 Å². The highest BCUT2D eigenvalue weighted by Crippen LogP contribution is 1.79. The van der Waals surface area contributed by atoms with Crippen molar-refractivity contribution in [2.75, 3.05) is 13.6 Å². The molecule has 0 radical (unpaired) electrons. The average Bonchev–Trinajstić information content (AvgIpc) is 1.81. The maximum absolute atomic E-state index is 3.59. The Morgan fingerprint density at radius 3 is 2.75 bits per heavy atom. The molecule has 1 heteroatoms. The van der Waals surface area contributed by atoms with E-state index in [1.54, 1.807) is 0 Å². The van der Waals surface area contributed by atoms with Crippen LogP contribution in [0.5, 0.6) is 0 Å². The molecule has 0 heterocycles. The van der Waals surface area contributed by atoms with Gasteiger partial charge in [-0.25, -0.2) is 0 Å². The van der Waals surface area contributed by atoms with Crippen molar-refractivity contribution in [1.82, 2.24) is 5.32 Å². The summed E-state index contributed by atoms with van der Waals surface area (Å²) in [5.41, 5.74) is 0. The van der Waals surface area contributed by atoms with E-state index < -0.39 is 0 Å². The van der Waals surface area contributed by atoms with E-state index in [0.29, 0.717) is 0 Å². The molecule has 46 valence electrons. The molecule has 0 aromatic rings. The van der Waals surface area contributed by atoms with Crippen molar-refractivity contribution in [2.45, 2.75) is 6.42 Å². The van der Waals surface area contributed by atoms with E-state index >= 15 is 0 Å². The number of likely N-dealkylation sites (N-methyl/N-ethyl adjacent to an activating group) is 1. The van der Waals surface area contributed by atoms with Crippen LogP contribution in [0, 0.1) is 0 Å². The van der Waals surface area contributed by atoms with Crippen molar-refractivity contribution in [2.24, 2.45) is 0 Å². The van der Waals surface area contributed by atoms with Crippen molar-refractivity contribution in [3.8, 4) is 0 Å². The van der Waals surface area contributed by atoms with Gasteiger partial charge in [0, 0.05) is 6.54 Å². The van der Waals surface area contributed by atoms with Gasteiger partial charge in [0.25, 0.3) is 0 Å². The van der Waals surface area contributed by atoms with Crippen molar-refractivity contribution in [3.05, 3.63) is 24.8 Å². The van der Waals surface area contributed by atoms with Crippen LogP contribution in [-0.2, 0) is 0 Å². The predicted octanol–water partition coefficient (Wildman–Crippen LogP) is 1.34. The van der Waals surface area contributed by atoms with Crippen LogP contribution in [-0.4, -0.2) is 13.6 Å². The number of hydrogen-bond acceptors (Lipinski definition) is 1. The maximum Gasteiger partial charge on any atom is 0.0131 e. The summed E-state index contributed by atoms with van der Waals surface area (Å²) in [4.78, 5) is 0. The van der Waals surface area contributed by atoms with Gasteiger partial charge in [-0.3, -0.25) is 0 Å². The fourth-order valence-corrected chi connectivity index (χ4v) is 0.394. The smallest absolute Gasteiger partial charge is 0.0131 e. The van der Waals surface area contributed by atoms with Crippen LogP contribution < -0.4 is 5.32 Å². The monoisotopic (exact) mass is 111 g/mol. The van der Waals surface area contributed by atoms with Gasteiger partial charge in [0.1, 0.15) is 0 Å². The largest absolute Gasteiger partial charge is 0.316 e. The highest BCUT2D eigenvalue weighted by Gasteiger charge is 1.67. The third kappa shape index (κ3) is 5.44. The summed E-state index contributed by atoms with van der Waals surface area (Å²) in [6.07, 6.45) is 7.03. The van der Waals surface area contributed by atoms with Gasteiger partial charge in [-0.05, 0) is 13.5 Å². The minimum atomic E-state index is 0.952. The molecule has 0 aromatic heterocycles. The summed E-state index contributed by atoms with van der Waals surface area (Å²) < 4.78 is 0. The summed E-state index contributed by atoms with van der Waals surface area (Å²) in [6, 6.07) is 0. The fraction of sp³-hybridized carbons (Fsp3) is 0.429. The molecule has 0 aliphatic heterocycles. The molecule has 0 aromatic carbocycles. The van der Waals surface area contributed by atoms with E-state index in [2.05, 4.69) is 24.0 Å². The molecule has 0 spiro atoms. The van der Waals surface area contributed by atoms with Crippen LogP contribution in [0.1, 0.15) is 6.42 Å². The normalized spacial score (nSPS) is 10.1. The molecule has 0 aliphatic rings. The van der Waals surface area contributed by atoms with Gasteiger partial charge in [-0.15, -0.1) is 6.58 Å². The van der Waals surface area contributed by atoms with Crippen molar-refractivity contribution in [3.63, 3.8) is 0 Å². The standard InChI is InChI=1S/C7H13N/c1-3-4-5-6-7-8-2/h3,5-6,8H,1,4,7H2,2H3/b6-5-. The number of allylic oxidation sites excluding steroid dienone is 2. The molecule has 1 N–H and O–H groups in total. The zero-order valence-electron chi connectivity index (χ0n) is 5.35. The van der Waals surface area contributed by atoms with Crippen LogP contribution in [0.25, 0.3) is 0 Å². The molecule has 0 rings (SSSR count). The summed E-state index contributed by atoms with van der Waals surface area (Å²) in [6.45, 7) is 4.54. The molecule has 8 heavy (non-hydrogen) atoms. The van der Waals surface area contributed by atoms with Gasteiger partial charge in [0.2, 0.25) is 0 Å². The molecule has 0 amide bonds. The lowest BCUT2D eigenvalue weighted by Crippen LogP contribution is -2.03. The molecule has 0 saturated carbocycles. The molecular formula is C7H13N. The second-order valence-electron chi connectivity index (χ2n) is 1.55. The topological polar surface area (TPSA) is 12.0 Å². The highest BCUT2D eigenvalue weighted by atomic mass is 14.8. The van der Waals surface area contributed by atoms with Crippen molar-refractivity contribution >= 4 is 0 Å². The molecule has 0 bridgehead atoms. The molecular weight excluding hydrogens is 98.1 g/mol. The first-order chi connectivity index (χ1) is 3.91. The lowest BCUT2D eigenvalue weighted by molar-refractivity contribution is 0.917. The third-order valence-corrected chi connectivity index (χ3v) is 0.791. The van der Waals surface area contributed by atoms with E-state index in [-0.39, 0.29) is 0 Å². The second-order valence-corrected chi connectivity index (χ2v) is 1.55. The first-order valence-corrected chi connectivity index (χ1v) is 2.82. The first-order valence-electron chi connectivity index (χ1n) is 2.82. The van der Waals surface area contributed by atoms with Gasteiger partial charge in [0.15, 0.2) is 0 Å². The molecule has 0 unspecified atom stereocenters. The Labute approximate surface area is 51.1 Å². The van der Waals surface area contributed by atoms with Crippen LogP contribution in [0.3, 0.4) is 0 Å². The first kappa shape index (κ1) is 7.44. The van der Waals surface area contributed by atoms with E-state index in [1.165, 1.54) is 0 Å². The maximum atomic E-state index is 3.59. The Hall–Kier alpha value is -0.560. The predicted molar refractivity (Wildman–Crippen MR) is 37.9 cm³/mol. The summed E-state index contributed by atoms with van der Waals surface area (Å²) in [7, 11) is 1.93. The van der Waals surface area contributed by atoms with Crippen LogP contribution >= 0.6 is 0 Å². The highest BCUT2D eigenvalue weighted by molar-refractivity contribution is 4.89. The summed E-state index contributed by atoms with van der Waals surface area (Å²) in [5, 5.41) is 3.01. The second kappa shape index (κ2) is 6.44. The van der Waals surface area contributed by atoms with Gasteiger partial charge in [-0.1, -0.05) is 18.2 Å². The van der Waals surface area contributed by atoms with Crippen LogP contribution in [0.4, 0.5) is 0 Å². The third-order valence-electron chi connectivity index (χ3n) is 0.791. The Morgan fingerprint density at radius 2 is 2.25 bits per heavy atom. The minimum absolute atomic E-state index is 0.952. The minimum Gasteiger partial charge on any atom is -0.316 e. The average molecular weight is 111 g/mol. The molecule has 0 atom stereocenters. The van der Waals surface area contributed by atoms with E-state index in [0.717, 1.165) is 13.0 Å². The Morgan fingerprint density at radius 1 is 1.50 bits per heavy atom. The Bertz CT molecular complexity index is 74.5. The lowest BCUT2D eigenvalue weighted by Gasteiger charge is -1.84. The molecule has 0 fully saturated rings.